The van der Waals surface area contributed by atoms with Crippen molar-refractivity contribution in [2.75, 3.05) is 6.61 Å². The number of halogens is 1. The average Bonchev–Trinajstić information content (AvgIpc) is 3.57. The minimum atomic E-state index is -4.18. The Morgan fingerprint density at radius 1 is 1.24 bits per heavy atom. The second-order valence-corrected chi connectivity index (χ2v) is 11.8. The lowest BCUT2D eigenvalue weighted by Crippen LogP contribution is -2.31. The summed E-state index contributed by atoms with van der Waals surface area (Å²) in [5, 5.41) is 34.0. The van der Waals surface area contributed by atoms with E-state index < -0.39 is 34.3 Å². The number of carbonyl (C=O) groups excluding carboxylic acids is 1. The number of ketones is 1. The zero-order valence-electron chi connectivity index (χ0n) is 19.8. The van der Waals surface area contributed by atoms with Crippen molar-refractivity contribution in [2.45, 2.75) is 31.6 Å². The second-order valence-electron chi connectivity index (χ2n) is 9.23. The molecular formula is C24H24ClN5O6S2. The predicted octanol–water partition coefficient (Wildman–Crippen LogP) is 1.94. The van der Waals surface area contributed by atoms with Crippen molar-refractivity contribution in [3.05, 3.63) is 75.9 Å². The number of rotatable bonds is 9. The molecule has 0 bridgehead atoms. The number of aliphatic hydroxyl groups is 2. The number of aliphatic hydroxyl groups excluding tert-OH is 2. The van der Waals surface area contributed by atoms with Crippen molar-refractivity contribution >= 4 is 49.1 Å². The molecule has 0 amide bonds. The van der Waals surface area contributed by atoms with Crippen molar-refractivity contribution < 1.29 is 27.6 Å². The second kappa shape index (κ2) is 10.8. The topological polar surface area (TPSA) is 171 Å². The SMILES string of the molecule is NS(=O)(=O)OC[C@H]1C[C@@H](Cc2ncncc2C(=O)c2ccn(Cc3csc4ccc(Cl)cc34)n2)[C@H](O)[C@@H]1O. The van der Waals surface area contributed by atoms with Gasteiger partial charge in [-0.15, -0.1) is 11.3 Å². The van der Waals surface area contributed by atoms with Crippen LogP contribution in [0.1, 0.15) is 33.7 Å². The van der Waals surface area contributed by atoms with E-state index in [4.69, 9.17) is 16.7 Å². The molecule has 3 heterocycles. The number of carbonyl (C=O) groups is 1. The maximum atomic E-state index is 13.4. The number of aromatic nitrogens is 4. The van der Waals surface area contributed by atoms with Crippen LogP contribution < -0.4 is 5.14 Å². The van der Waals surface area contributed by atoms with Gasteiger partial charge in [0.1, 0.15) is 12.0 Å². The molecule has 5 rings (SSSR count). The molecule has 11 nitrogen and oxygen atoms in total. The van der Waals surface area contributed by atoms with Crippen LogP contribution in [0.4, 0.5) is 0 Å². The molecule has 3 aromatic heterocycles. The minimum Gasteiger partial charge on any atom is -0.390 e. The first-order chi connectivity index (χ1) is 18.1. The predicted molar refractivity (Wildman–Crippen MR) is 140 cm³/mol. The van der Waals surface area contributed by atoms with Crippen molar-refractivity contribution in [1.29, 1.82) is 0 Å². The monoisotopic (exact) mass is 577 g/mol. The highest BCUT2D eigenvalue weighted by Gasteiger charge is 2.42. The first-order valence-electron chi connectivity index (χ1n) is 11.6. The van der Waals surface area contributed by atoms with Crippen LogP contribution >= 0.6 is 22.9 Å². The van der Waals surface area contributed by atoms with Crippen LogP contribution in [0.5, 0.6) is 0 Å². The molecule has 0 aliphatic heterocycles. The molecule has 0 unspecified atom stereocenters. The van der Waals surface area contributed by atoms with Gasteiger partial charge in [-0.25, -0.2) is 15.1 Å². The highest BCUT2D eigenvalue weighted by Crippen LogP contribution is 2.35. The van der Waals surface area contributed by atoms with Gasteiger partial charge in [-0.2, -0.15) is 13.5 Å². The highest BCUT2D eigenvalue weighted by atomic mass is 35.5. The quantitative estimate of drug-likeness (QED) is 0.251. The Morgan fingerprint density at radius 2 is 2.03 bits per heavy atom. The van der Waals surface area contributed by atoms with Crippen LogP contribution in [0, 0.1) is 11.8 Å². The van der Waals surface area contributed by atoms with Gasteiger partial charge < -0.3 is 10.2 Å². The molecule has 1 aliphatic rings. The maximum absolute atomic E-state index is 13.4. The summed E-state index contributed by atoms with van der Waals surface area (Å²) in [4.78, 5) is 21.6. The zero-order chi connectivity index (χ0) is 27.0. The summed E-state index contributed by atoms with van der Waals surface area (Å²) in [6.07, 6.45) is 2.47. The number of hydrogen-bond acceptors (Lipinski definition) is 10. The van der Waals surface area contributed by atoms with Gasteiger partial charge in [-0.05, 0) is 59.4 Å². The standard InChI is InChI=1S/C24H24ClN5O6S2/c25-16-1-2-21-17(7-16)15(11-37-21)9-30-4-3-19(29-30)24(33)18-8-27-12-28-20(18)6-13-5-14(23(32)22(13)31)10-36-38(26,34)35/h1-4,7-8,11-14,22-23,31-32H,5-6,9-10H2,(H2,26,34,35)/t13-,14+,22-,23+/m0/s1. The number of nitrogens with two attached hydrogens (primary N) is 1. The highest BCUT2D eigenvalue weighted by molar-refractivity contribution is 7.84. The maximum Gasteiger partial charge on any atom is 0.333 e. The summed E-state index contributed by atoms with van der Waals surface area (Å²) in [5.41, 5.74) is 1.87. The van der Waals surface area contributed by atoms with Gasteiger partial charge in [0.15, 0.2) is 0 Å². The third-order valence-corrected chi connectivity index (χ3v) is 8.40. The smallest absolute Gasteiger partial charge is 0.333 e. The number of benzene rings is 1. The fraction of sp³-hybridized carbons (Fsp3) is 0.333. The molecule has 0 saturated heterocycles. The molecule has 4 N–H and O–H groups in total. The van der Waals surface area contributed by atoms with Gasteiger partial charge in [0, 0.05) is 28.0 Å². The fourth-order valence-corrected chi connectivity index (χ4v) is 6.26. The Kier molecular flexibility index (Phi) is 7.60. The molecule has 0 spiro atoms. The minimum absolute atomic E-state index is 0.163. The molecule has 4 aromatic rings. The largest absolute Gasteiger partial charge is 0.390 e. The van der Waals surface area contributed by atoms with Crippen molar-refractivity contribution in [3.63, 3.8) is 0 Å². The molecule has 1 saturated carbocycles. The Balaban J connectivity index is 1.31. The van der Waals surface area contributed by atoms with E-state index in [-0.39, 0.29) is 36.5 Å². The molecule has 4 atom stereocenters. The molecule has 0 radical (unpaired) electrons. The van der Waals surface area contributed by atoms with E-state index in [0.717, 1.165) is 15.6 Å². The Bertz CT molecular complexity index is 1590. The Labute approximate surface area is 227 Å². The molecular weight excluding hydrogens is 554 g/mol. The lowest BCUT2D eigenvalue weighted by atomic mass is 9.95. The molecule has 1 fully saturated rings. The fourth-order valence-electron chi connectivity index (χ4n) is 4.79. The van der Waals surface area contributed by atoms with Crippen LogP contribution in [0.3, 0.4) is 0 Å². The van der Waals surface area contributed by atoms with Crippen LogP contribution in [-0.2, 0) is 27.5 Å². The number of fused-ring (bicyclic) bond motifs is 1. The van der Waals surface area contributed by atoms with E-state index in [1.165, 1.54) is 12.5 Å². The third kappa shape index (κ3) is 5.78. The van der Waals surface area contributed by atoms with Gasteiger partial charge >= 0.3 is 10.3 Å². The van der Waals surface area contributed by atoms with Crippen LogP contribution in [0.2, 0.25) is 5.02 Å². The lowest BCUT2D eigenvalue weighted by Gasteiger charge is -2.17. The first kappa shape index (κ1) is 26.8. The van der Waals surface area contributed by atoms with E-state index in [2.05, 4.69) is 19.2 Å². The van der Waals surface area contributed by atoms with E-state index in [1.807, 2.05) is 23.6 Å². The Hall–Kier alpha value is -2.78. The van der Waals surface area contributed by atoms with Crippen LogP contribution in [-0.4, -0.2) is 63.0 Å². The summed E-state index contributed by atoms with van der Waals surface area (Å²) in [7, 11) is -4.18. The Morgan fingerprint density at radius 3 is 2.82 bits per heavy atom. The van der Waals surface area contributed by atoms with E-state index in [0.29, 0.717) is 17.3 Å². The number of nitrogens with zero attached hydrogens (tertiary/aromatic N) is 4. The first-order valence-corrected chi connectivity index (χ1v) is 14.4. The normalized spacial score (nSPS) is 21.8. The molecule has 1 aliphatic carbocycles. The molecule has 200 valence electrons. The van der Waals surface area contributed by atoms with Crippen molar-refractivity contribution in [2.24, 2.45) is 17.0 Å². The summed E-state index contributed by atoms with van der Waals surface area (Å²) in [6, 6.07) is 7.34. The van der Waals surface area contributed by atoms with Gasteiger partial charge in [0.05, 0.1) is 36.6 Å². The van der Waals surface area contributed by atoms with Crippen LogP contribution in [0.25, 0.3) is 10.1 Å². The van der Waals surface area contributed by atoms with Gasteiger partial charge in [0.2, 0.25) is 5.78 Å². The zero-order valence-corrected chi connectivity index (χ0v) is 22.2. The average molecular weight is 578 g/mol. The van der Waals surface area contributed by atoms with Gasteiger partial charge in [0.25, 0.3) is 0 Å². The van der Waals surface area contributed by atoms with Gasteiger partial charge in [-0.1, -0.05) is 11.6 Å². The van der Waals surface area contributed by atoms with E-state index in [9.17, 15) is 23.4 Å². The molecule has 1 aromatic carbocycles. The molecule has 38 heavy (non-hydrogen) atoms. The van der Waals surface area contributed by atoms with E-state index in [1.54, 1.807) is 28.3 Å². The van der Waals surface area contributed by atoms with Crippen molar-refractivity contribution in [1.82, 2.24) is 19.7 Å². The van der Waals surface area contributed by atoms with Crippen molar-refractivity contribution in [3.8, 4) is 0 Å². The summed E-state index contributed by atoms with van der Waals surface area (Å²) < 4.78 is 29.6. The summed E-state index contributed by atoms with van der Waals surface area (Å²) in [5.74, 6) is -1.51. The van der Waals surface area contributed by atoms with Crippen LogP contribution in [0.15, 0.2) is 48.4 Å². The summed E-state index contributed by atoms with van der Waals surface area (Å²) >= 11 is 7.77. The number of hydrogen-bond donors (Lipinski definition) is 3. The number of thiophene rings is 1. The van der Waals surface area contributed by atoms with Gasteiger partial charge in [-0.3, -0.25) is 13.7 Å². The van der Waals surface area contributed by atoms with E-state index >= 15 is 0 Å². The third-order valence-electron chi connectivity index (χ3n) is 6.68. The summed E-state index contributed by atoms with van der Waals surface area (Å²) in [6.45, 7) is 0.103. The lowest BCUT2D eigenvalue weighted by molar-refractivity contribution is -0.00334. The molecule has 14 heteroatoms.